The molecule has 7 heteroatoms. The predicted molar refractivity (Wildman–Crippen MR) is 130 cm³/mol. The Kier molecular flexibility index (Phi) is 7.67. The quantitative estimate of drug-likeness (QED) is 0.596. The van der Waals surface area contributed by atoms with Crippen molar-refractivity contribution in [2.45, 2.75) is 59.2 Å². The van der Waals surface area contributed by atoms with Crippen LogP contribution < -0.4 is 0 Å². The zero-order valence-corrected chi connectivity index (χ0v) is 20.7. The summed E-state index contributed by atoms with van der Waals surface area (Å²) in [4.78, 5) is 27.2. The summed E-state index contributed by atoms with van der Waals surface area (Å²) in [5.41, 5.74) is 2.55. The number of rotatable bonds is 7. The Morgan fingerprint density at radius 1 is 1.18 bits per heavy atom. The molecule has 0 N–H and O–H groups in total. The van der Waals surface area contributed by atoms with E-state index in [-0.39, 0.29) is 12.0 Å². The van der Waals surface area contributed by atoms with E-state index >= 15 is 0 Å². The van der Waals surface area contributed by atoms with Gasteiger partial charge in [0.05, 0.1) is 22.9 Å². The van der Waals surface area contributed by atoms with Crippen LogP contribution in [-0.4, -0.2) is 58.0 Å². The van der Waals surface area contributed by atoms with E-state index in [1.807, 2.05) is 48.5 Å². The van der Waals surface area contributed by atoms with E-state index in [1.54, 1.807) is 0 Å². The molecular weight excluding hydrogens is 436 g/mol. The van der Waals surface area contributed by atoms with Crippen molar-refractivity contribution in [1.29, 1.82) is 0 Å². The van der Waals surface area contributed by atoms with Crippen molar-refractivity contribution in [3.63, 3.8) is 0 Å². The number of benzene rings is 1. The summed E-state index contributed by atoms with van der Waals surface area (Å²) >= 11 is 6.07. The molecule has 1 aromatic heterocycles. The average molecular weight is 471 g/mol. The number of amides is 1. The van der Waals surface area contributed by atoms with Crippen molar-refractivity contribution < 1.29 is 9.53 Å². The van der Waals surface area contributed by atoms with Crippen molar-refractivity contribution >= 4 is 17.5 Å². The van der Waals surface area contributed by atoms with Gasteiger partial charge in [0.2, 0.25) is 5.91 Å². The summed E-state index contributed by atoms with van der Waals surface area (Å²) in [5, 5.41) is 0.709. The second-order valence-electron chi connectivity index (χ2n) is 10.1. The predicted octanol–water partition coefficient (Wildman–Crippen LogP) is 4.49. The van der Waals surface area contributed by atoms with Crippen molar-refractivity contribution in [2.24, 2.45) is 11.3 Å². The lowest BCUT2D eigenvalue weighted by molar-refractivity contribution is -0.162. The Bertz CT molecular complexity index is 934. The number of aromatic nitrogens is 2. The van der Waals surface area contributed by atoms with Crippen LogP contribution in [0, 0.1) is 18.3 Å². The molecule has 2 atom stereocenters. The van der Waals surface area contributed by atoms with Crippen LogP contribution in [0.2, 0.25) is 5.02 Å². The number of likely N-dealkylation sites (tertiary alicyclic amines) is 2. The van der Waals surface area contributed by atoms with Crippen molar-refractivity contribution in [3.8, 4) is 0 Å². The highest BCUT2D eigenvalue weighted by Gasteiger charge is 2.49. The van der Waals surface area contributed by atoms with Gasteiger partial charge in [-0.15, -0.1) is 0 Å². The van der Waals surface area contributed by atoms with Gasteiger partial charge in [-0.2, -0.15) is 0 Å². The van der Waals surface area contributed by atoms with E-state index in [2.05, 4.69) is 28.7 Å². The Labute approximate surface area is 202 Å². The number of aryl methyl sites for hydroxylation is 1. The molecule has 0 bridgehead atoms. The topological polar surface area (TPSA) is 58.6 Å². The molecule has 33 heavy (non-hydrogen) atoms. The summed E-state index contributed by atoms with van der Waals surface area (Å²) in [6.07, 6.45) is 6.39. The highest BCUT2D eigenvalue weighted by Crippen LogP contribution is 2.41. The van der Waals surface area contributed by atoms with Gasteiger partial charge < -0.3 is 9.64 Å². The summed E-state index contributed by atoms with van der Waals surface area (Å²) in [5.74, 6) is 0.716. The Hall–Kier alpha value is -2.02. The molecule has 4 rings (SSSR count). The molecule has 2 aliphatic rings. The lowest BCUT2D eigenvalue weighted by Crippen LogP contribution is -2.59. The minimum absolute atomic E-state index is 0.0523. The molecule has 1 amide bonds. The third-order valence-electron chi connectivity index (χ3n) is 6.61. The molecule has 2 aliphatic heterocycles. The molecule has 2 fully saturated rings. The maximum atomic E-state index is 13.9. The summed E-state index contributed by atoms with van der Waals surface area (Å²) in [6.45, 7) is 10.6. The lowest BCUT2D eigenvalue weighted by Gasteiger charge is -2.49. The fourth-order valence-electron chi connectivity index (χ4n) is 5.07. The smallest absolute Gasteiger partial charge is 0.230 e. The molecule has 0 radical (unpaired) electrons. The molecule has 178 valence electrons. The lowest BCUT2D eigenvalue weighted by atomic mass is 9.72. The standard InChI is InChI=1S/C26H35ClN4O2/c1-19(2)17-33-24-11-26(25(32)31(16-24)14-21-5-7-22(27)8-6-21)9-4-10-30(18-26)15-23-13-28-20(3)12-29-23/h5-8,12-13,19,24H,4,9-11,14-18H2,1-3H3/t24-,26+/m0/s1. The van der Waals surface area contributed by atoms with Gasteiger partial charge in [-0.3, -0.25) is 19.7 Å². The van der Waals surface area contributed by atoms with Crippen LogP contribution in [-0.2, 0) is 22.6 Å². The van der Waals surface area contributed by atoms with Crippen LogP contribution in [0.4, 0.5) is 0 Å². The van der Waals surface area contributed by atoms with Crippen LogP contribution in [0.25, 0.3) is 0 Å². The zero-order valence-electron chi connectivity index (χ0n) is 20.0. The van der Waals surface area contributed by atoms with E-state index in [0.29, 0.717) is 30.6 Å². The second-order valence-corrected chi connectivity index (χ2v) is 10.5. The third-order valence-corrected chi connectivity index (χ3v) is 6.86. The second kappa shape index (κ2) is 10.5. The number of hydrogen-bond acceptors (Lipinski definition) is 5. The molecular formula is C26H35ClN4O2. The van der Waals surface area contributed by atoms with Crippen LogP contribution in [0.1, 0.15) is 50.1 Å². The maximum Gasteiger partial charge on any atom is 0.230 e. The molecule has 6 nitrogen and oxygen atoms in total. The monoisotopic (exact) mass is 470 g/mol. The van der Waals surface area contributed by atoms with E-state index in [4.69, 9.17) is 16.3 Å². The van der Waals surface area contributed by atoms with E-state index in [0.717, 1.165) is 55.8 Å². The minimum atomic E-state index is -0.414. The van der Waals surface area contributed by atoms with Gasteiger partial charge in [0.1, 0.15) is 0 Å². The Balaban J connectivity index is 1.53. The fraction of sp³-hybridized carbons (Fsp3) is 0.577. The number of piperidine rings is 2. The molecule has 1 spiro atoms. The normalized spacial score (nSPS) is 24.1. The van der Waals surface area contributed by atoms with Gasteiger partial charge in [0.15, 0.2) is 0 Å². The first-order chi connectivity index (χ1) is 15.8. The van der Waals surface area contributed by atoms with Crippen LogP contribution in [0.15, 0.2) is 36.7 Å². The van der Waals surface area contributed by atoms with Gasteiger partial charge in [-0.25, -0.2) is 0 Å². The molecule has 2 aromatic rings. The number of carbonyl (C=O) groups is 1. The largest absolute Gasteiger partial charge is 0.376 e. The first kappa shape index (κ1) is 24.1. The highest BCUT2D eigenvalue weighted by atomic mass is 35.5. The number of carbonyl (C=O) groups excluding carboxylic acids is 1. The van der Waals surface area contributed by atoms with E-state index < -0.39 is 5.41 Å². The van der Waals surface area contributed by atoms with Crippen LogP contribution >= 0.6 is 11.6 Å². The van der Waals surface area contributed by atoms with Crippen LogP contribution in [0.3, 0.4) is 0 Å². The molecule has 2 saturated heterocycles. The average Bonchev–Trinajstić information content (AvgIpc) is 2.79. The maximum absolute atomic E-state index is 13.9. The molecule has 0 unspecified atom stereocenters. The molecule has 0 saturated carbocycles. The molecule has 1 aromatic carbocycles. The zero-order chi connectivity index (χ0) is 23.4. The van der Waals surface area contributed by atoms with Gasteiger partial charge in [0, 0.05) is 50.2 Å². The van der Waals surface area contributed by atoms with Crippen LogP contribution in [0.5, 0.6) is 0 Å². The van der Waals surface area contributed by atoms with Gasteiger partial charge in [0.25, 0.3) is 0 Å². The SMILES string of the molecule is Cc1cnc(CN2CCC[C@@]3(C[C@H](OCC(C)C)CN(Cc4ccc(Cl)cc4)C3=O)C2)cn1. The van der Waals surface area contributed by atoms with Crippen molar-refractivity contribution in [2.75, 3.05) is 26.2 Å². The van der Waals surface area contributed by atoms with Gasteiger partial charge >= 0.3 is 0 Å². The molecule has 3 heterocycles. The van der Waals surface area contributed by atoms with E-state index in [9.17, 15) is 4.79 Å². The third kappa shape index (κ3) is 6.11. The fourth-order valence-corrected chi connectivity index (χ4v) is 5.20. The van der Waals surface area contributed by atoms with E-state index in [1.165, 1.54) is 0 Å². The van der Waals surface area contributed by atoms with Crippen molar-refractivity contribution in [1.82, 2.24) is 19.8 Å². The van der Waals surface area contributed by atoms with Gasteiger partial charge in [-0.05, 0) is 56.3 Å². The number of hydrogen-bond donors (Lipinski definition) is 0. The highest BCUT2D eigenvalue weighted by molar-refractivity contribution is 6.30. The first-order valence-corrected chi connectivity index (χ1v) is 12.4. The first-order valence-electron chi connectivity index (χ1n) is 12.0. The molecule has 0 aliphatic carbocycles. The number of nitrogens with zero attached hydrogens (tertiary/aromatic N) is 4. The number of ether oxygens (including phenoxy) is 1. The Morgan fingerprint density at radius 2 is 1.97 bits per heavy atom. The Morgan fingerprint density at radius 3 is 2.67 bits per heavy atom. The summed E-state index contributed by atoms with van der Waals surface area (Å²) in [6, 6.07) is 7.78. The summed E-state index contributed by atoms with van der Waals surface area (Å²) in [7, 11) is 0. The van der Waals surface area contributed by atoms with Crippen molar-refractivity contribution in [3.05, 3.63) is 58.6 Å². The van der Waals surface area contributed by atoms with Gasteiger partial charge in [-0.1, -0.05) is 37.6 Å². The minimum Gasteiger partial charge on any atom is -0.376 e. The number of halogens is 1. The summed E-state index contributed by atoms with van der Waals surface area (Å²) < 4.78 is 6.32.